The maximum absolute atomic E-state index is 14.1. The van der Waals surface area contributed by atoms with Crippen molar-refractivity contribution in [3.8, 4) is 11.5 Å². The monoisotopic (exact) mass is 550 g/mol. The molecule has 210 valence electrons. The summed E-state index contributed by atoms with van der Waals surface area (Å²) in [5, 5.41) is 19.2. The minimum Gasteiger partial charge on any atom is -0.508 e. The number of halogens is 2. The summed E-state index contributed by atoms with van der Waals surface area (Å²) in [5.41, 5.74) is 3.40. The number of aromatic hydroxyl groups is 1. The van der Waals surface area contributed by atoms with Crippen LogP contribution >= 0.6 is 0 Å². The van der Waals surface area contributed by atoms with Crippen molar-refractivity contribution in [2.45, 2.75) is 13.3 Å². The van der Waals surface area contributed by atoms with E-state index >= 15 is 0 Å². The second-order valence-corrected chi connectivity index (χ2v) is 9.15. The Labute approximate surface area is 232 Å². The largest absolute Gasteiger partial charge is 0.508 e. The van der Waals surface area contributed by atoms with Gasteiger partial charge in [0.1, 0.15) is 29.7 Å². The summed E-state index contributed by atoms with van der Waals surface area (Å²) in [4.78, 5) is 25.7. The molecule has 0 saturated carbocycles. The van der Waals surface area contributed by atoms with E-state index in [0.717, 1.165) is 33.2 Å². The molecule has 7 nitrogen and oxygen atoms in total. The molecule has 0 bridgehead atoms. The van der Waals surface area contributed by atoms with E-state index in [9.17, 15) is 28.6 Å². The number of ether oxygens (including phenoxy) is 1. The number of carboxylic acid groups (broad SMARTS) is 1. The van der Waals surface area contributed by atoms with Gasteiger partial charge in [0.15, 0.2) is 0 Å². The summed E-state index contributed by atoms with van der Waals surface area (Å²) in [6.45, 7) is 2.11. The Balaban J connectivity index is 1.82. The minimum absolute atomic E-state index is 0.0401. The first kappa shape index (κ1) is 29.9. The van der Waals surface area contributed by atoms with Crippen molar-refractivity contribution in [2.24, 2.45) is 0 Å². The number of hydrogen-bond donors (Lipinski definition) is 2. The number of likely N-dealkylation sites (N-methyl/N-ethyl adjacent to an activating group) is 1. The molecule has 40 heavy (non-hydrogen) atoms. The van der Waals surface area contributed by atoms with Crippen LogP contribution in [0.15, 0.2) is 78.9 Å². The summed E-state index contributed by atoms with van der Waals surface area (Å²) in [5.74, 6) is -0.990. The van der Waals surface area contributed by atoms with Crippen LogP contribution in [0.4, 0.5) is 13.6 Å². The molecule has 0 aromatic heterocycles. The van der Waals surface area contributed by atoms with Crippen LogP contribution in [-0.4, -0.2) is 65.8 Å². The van der Waals surface area contributed by atoms with Crippen molar-refractivity contribution in [1.29, 1.82) is 0 Å². The second kappa shape index (κ2) is 13.9. The molecular formula is C31H32F2N2O5. The fraction of sp³-hybridized carbons (Fsp3) is 0.226. The standard InChI is InChI=1S/C31H32F2N2O5/c1-4-28(23-18-24(32)20-25(33)19-23)30(21-7-11-26(36)12-8-21)22-9-13-27(14-10-22)40-17-16-35(31(38)39)15-5-6-29(37)34(2)3/h5-14,18-20,36H,4,15-17H2,1-3H3,(H,38,39)/b6-5+,30-28-. The van der Waals surface area contributed by atoms with Gasteiger partial charge in [-0.2, -0.15) is 0 Å². The molecule has 3 aromatic carbocycles. The van der Waals surface area contributed by atoms with Crippen LogP contribution in [0.3, 0.4) is 0 Å². The highest BCUT2D eigenvalue weighted by Crippen LogP contribution is 2.36. The molecule has 2 N–H and O–H groups in total. The normalized spacial score (nSPS) is 11.7. The molecule has 0 aliphatic rings. The molecule has 0 saturated heterocycles. The van der Waals surface area contributed by atoms with Crippen molar-refractivity contribution in [2.75, 3.05) is 33.8 Å². The van der Waals surface area contributed by atoms with E-state index in [4.69, 9.17) is 4.74 Å². The van der Waals surface area contributed by atoms with Crippen molar-refractivity contribution < 1.29 is 33.3 Å². The van der Waals surface area contributed by atoms with Crippen LogP contribution in [0, 0.1) is 11.6 Å². The third-order valence-electron chi connectivity index (χ3n) is 6.09. The predicted octanol–water partition coefficient (Wildman–Crippen LogP) is 6.04. The third-order valence-corrected chi connectivity index (χ3v) is 6.09. The summed E-state index contributed by atoms with van der Waals surface area (Å²) in [7, 11) is 3.21. The number of benzene rings is 3. The summed E-state index contributed by atoms with van der Waals surface area (Å²) in [6.07, 6.45) is 2.15. The van der Waals surface area contributed by atoms with Crippen LogP contribution in [0.5, 0.6) is 11.5 Å². The van der Waals surface area contributed by atoms with Crippen LogP contribution in [0.25, 0.3) is 11.1 Å². The number of amides is 2. The van der Waals surface area contributed by atoms with E-state index < -0.39 is 17.7 Å². The highest BCUT2D eigenvalue weighted by molar-refractivity contribution is 5.98. The number of carbonyl (C=O) groups is 2. The number of allylic oxidation sites excluding steroid dienone is 1. The van der Waals surface area contributed by atoms with E-state index in [0.29, 0.717) is 17.7 Å². The first-order chi connectivity index (χ1) is 19.1. The van der Waals surface area contributed by atoms with Crippen LogP contribution < -0.4 is 4.74 Å². The zero-order valence-corrected chi connectivity index (χ0v) is 22.6. The zero-order chi connectivity index (χ0) is 29.2. The van der Waals surface area contributed by atoms with Crippen LogP contribution in [0.1, 0.15) is 30.0 Å². The van der Waals surface area contributed by atoms with Gasteiger partial charge < -0.3 is 24.7 Å². The zero-order valence-electron chi connectivity index (χ0n) is 22.6. The van der Waals surface area contributed by atoms with Gasteiger partial charge in [-0.15, -0.1) is 0 Å². The van der Waals surface area contributed by atoms with Crippen molar-refractivity contribution in [3.05, 3.63) is 107 Å². The minimum atomic E-state index is -1.13. The van der Waals surface area contributed by atoms with Gasteiger partial charge in [-0.05, 0) is 70.7 Å². The molecule has 0 spiro atoms. The van der Waals surface area contributed by atoms with Gasteiger partial charge >= 0.3 is 6.09 Å². The quantitative estimate of drug-likeness (QED) is 0.224. The number of phenols is 1. The predicted molar refractivity (Wildman–Crippen MR) is 150 cm³/mol. The fourth-order valence-corrected chi connectivity index (χ4v) is 4.08. The van der Waals surface area contributed by atoms with E-state index in [-0.39, 0.29) is 31.4 Å². The molecule has 0 aliphatic carbocycles. The SMILES string of the molecule is CC/C(=C(\c1ccc(O)cc1)c1ccc(OCCN(C/C=C/C(=O)N(C)C)C(=O)O)cc1)c1cc(F)cc(F)c1. The molecule has 3 aromatic rings. The van der Waals surface area contributed by atoms with Gasteiger partial charge in [0.2, 0.25) is 5.91 Å². The van der Waals surface area contributed by atoms with Gasteiger partial charge in [0, 0.05) is 32.8 Å². The molecule has 0 atom stereocenters. The average Bonchev–Trinajstić information content (AvgIpc) is 2.91. The van der Waals surface area contributed by atoms with E-state index in [2.05, 4.69) is 0 Å². The Morgan fingerprint density at radius 2 is 1.48 bits per heavy atom. The molecule has 0 aliphatic heterocycles. The molecule has 2 amide bonds. The Morgan fingerprint density at radius 3 is 2.00 bits per heavy atom. The van der Waals surface area contributed by atoms with E-state index in [1.165, 1.54) is 29.2 Å². The molecular weight excluding hydrogens is 518 g/mol. The molecule has 9 heteroatoms. The lowest BCUT2D eigenvalue weighted by Crippen LogP contribution is -2.33. The second-order valence-electron chi connectivity index (χ2n) is 9.15. The first-order valence-corrected chi connectivity index (χ1v) is 12.7. The molecule has 0 unspecified atom stereocenters. The molecule has 3 rings (SSSR count). The topological polar surface area (TPSA) is 90.3 Å². The maximum Gasteiger partial charge on any atom is 0.407 e. The molecule has 0 fully saturated rings. The van der Waals surface area contributed by atoms with Crippen molar-refractivity contribution >= 4 is 23.1 Å². The van der Waals surface area contributed by atoms with Crippen molar-refractivity contribution in [1.82, 2.24) is 9.80 Å². The summed E-state index contributed by atoms with van der Waals surface area (Å²) < 4.78 is 33.9. The van der Waals surface area contributed by atoms with Crippen LogP contribution in [0.2, 0.25) is 0 Å². The maximum atomic E-state index is 14.1. The highest BCUT2D eigenvalue weighted by Gasteiger charge is 2.16. The van der Waals surface area contributed by atoms with E-state index in [1.54, 1.807) is 50.5 Å². The van der Waals surface area contributed by atoms with Gasteiger partial charge in [0.25, 0.3) is 0 Å². The molecule has 0 radical (unpaired) electrons. The highest BCUT2D eigenvalue weighted by atomic mass is 19.1. The Bertz CT molecular complexity index is 1360. The van der Waals surface area contributed by atoms with Gasteiger partial charge in [-0.3, -0.25) is 4.79 Å². The third kappa shape index (κ3) is 8.17. The molecule has 0 heterocycles. The van der Waals surface area contributed by atoms with Gasteiger partial charge in [-0.25, -0.2) is 13.6 Å². The van der Waals surface area contributed by atoms with Gasteiger partial charge in [-0.1, -0.05) is 37.3 Å². The summed E-state index contributed by atoms with van der Waals surface area (Å²) >= 11 is 0. The fourth-order valence-electron chi connectivity index (χ4n) is 4.08. The summed E-state index contributed by atoms with van der Waals surface area (Å²) in [6, 6.07) is 17.1. The Hall–Kier alpha value is -4.66. The number of hydrogen-bond acceptors (Lipinski definition) is 4. The average molecular weight is 551 g/mol. The lowest BCUT2D eigenvalue weighted by molar-refractivity contribution is -0.123. The Morgan fingerprint density at radius 1 is 0.900 bits per heavy atom. The number of carbonyl (C=O) groups excluding carboxylic acids is 1. The lowest BCUT2D eigenvalue weighted by Gasteiger charge is -2.19. The first-order valence-electron chi connectivity index (χ1n) is 12.7. The number of nitrogens with zero attached hydrogens (tertiary/aromatic N) is 2. The smallest absolute Gasteiger partial charge is 0.407 e. The van der Waals surface area contributed by atoms with E-state index in [1.807, 2.05) is 19.1 Å². The van der Waals surface area contributed by atoms with Crippen LogP contribution in [-0.2, 0) is 4.79 Å². The number of phenolic OH excluding ortho intramolecular Hbond substituents is 1. The van der Waals surface area contributed by atoms with Gasteiger partial charge in [0.05, 0.1) is 6.54 Å². The number of rotatable bonds is 11. The Kier molecular flexibility index (Phi) is 10.4. The van der Waals surface area contributed by atoms with Crippen molar-refractivity contribution in [3.63, 3.8) is 0 Å². The lowest BCUT2D eigenvalue weighted by atomic mass is 9.88.